The van der Waals surface area contributed by atoms with Crippen LogP contribution in [0.4, 0.5) is 13.2 Å². The molecule has 0 radical (unpaired) electrons. The van der Waals surface area contributed by atoms with Gasteiger partial charge in [0.05, 0.1) is 40.9 Å². The summed E-state index contributed by atoms with van der Waals surface area (Å²) in [6, 6.07) is 12.5. The van der Waals surface area contributed by atoms with Crippen molar-refractivity contribution >= 4 is 16.9 Å². The minimum Gasteiger partial charge on any atom is -0.461 e. The minimum absolute atomic E-state index is 0.0852. The second-order valence-electron chi connectivity index (χ2n) is 8.91. The average molecular weight is 500 g/mol. The number of fused-ring (bicyclic) bond motifs is 1. The summed E-state index contributed by atoms with van der Waals surface area (Å²) in [7, 11) is 0. The summed E-state index contributed by atoms with van der Waals surface area (Å²) >= 11 is 0. The fourth-order valence-electron chi connectivity index (χ4n) is 4.18. The molecule has 0 saturated heterocycles. The number of nitrogens with one attached hydrogen (secondary N) is 1. The topological polar surface area (TPSA) is 69.3 Å². The predicted molar refractivity (Wildman–Crippen MR) is 130 cm³/mol. The summed E-state index contributed by atoms with van der Waals surface area (Å²) in [6.45, 7) is 8.26. The van der Waals surface area contributed by atoms with Crippen LogP contribution in [0.3, 0.4) is 0 Å². The zero-order chi connectivity index (χ0) is 26.0. The van der Waals surface area contributed by atoms with E-state index < -0.39 is 11.7 Å². The van der Waals surface area contributed by atoms with E-state index in [4.69, 9.17) is 9.15 Å². The Kier molecular flexibility index (Phi) is 7.21. The van der Waals surface area contributed by atoms with Crippen LogP contribution in [0.2, 0.25) is 0 Å². The number of halogens is 3. The second kappa shape index (κ2) is 10.2. The summed E-state index contributed by atoms with van der Waals surface area (Å²) in [4.78, 5) is 12.8. The van der Waals surface area contributed by atoms with Gasteiger partial charge in [-0.1, -0.05) is 24.3 Å². The van der Waals surface area contributed by atoms with Gasteiger partial charge in [0.25, 0.3) is 5.91 Å². The summed E-state index contributed by atoms with van der Waals surface area (Å²) in [6.07, 6.45) is -4.11. The van der Waals surface area contributed by atoms with Crippen LogP contribution in [0.15, 0.2) is 52.9 Å². The second-order valence-corrected chi connectivity index (χ2v) is 8.91. The molecule has 190 valence electrons. The van der Waals surface area contributed by atoms with Crippen LogP contribution < -0.4 is 5.32 Å². The van der Waals surface area contributed by atoms with Crippen LogP contribution in [-0.4, -0.2) is 34.9 Å². The number of alkyl halides is 3. The molecule has 36 heavy (non-hydrogen) atoms. The lowest BCUT2D eigenvalue weighted by molar-refractivity contribution is -0.137. The van der Waals surface area contributed by atoms with Crippen LogP contribution >= 0.6 is 0 Å². The van der Waals surface area contributed by atoms with Gasteiger partial charge < -0.3 is 14.5 Å². The number of aryl methyl sites for hydroxylation is 1. The zero-order valence-electron chi connectivity index (χ0n) is 20.6. The smallest absolute Gasteiger partial charge is 0.416 e. The highest BCUT2D eigenvalue weighted by Crippen LogP contribution is 2.32. The van der Waals surface area contributed by atoms with Crippen LogP contribution in [-0.2, 0) is 17.3 Å². The van der Waals surface area contributed by atoms with Crippen molar-refractivity contribution < 1.29 is 27.1 Å². The molecule has 2 aromatic heterocycles. The lowest BCUT2D eigenvalue weighted by atomic mass is 10.1. The van der Waals surface area contributed by atoms with Crippen LogP contribution in [0.1, 0.15) is 52.5 Å². The van der Waals surface area contributed by atoms with Gasteiger partial charge in [0.15, 0.2) is 0 Å². The third-order valence-corrected chi connectivity index (χ3v) is 5.81. The normalized spacial score (nSPS) is 12.0. The number of carbonyl (C=O) groups is 1. The Bertz CT molecular complexity index is 1390. The number of ether oxygens (including phenoxy) is 1. The van der Waals surface area contributed by atoms with Crippen molar-refractivity contribution in [3.63, 3.8) is 0 Å². The molecule has 9 heteroatoms. The van der Waals surface area contributed by atoms with Crippen LogP contribution in [0, 0.1) is 13.8 Å². The molecule has 4 rings (SSSR count). The number of furan rings is 1. The molecule has 4 aromatic rings. The Balaban J connectivity index is 1.61. The Morgan fingerprint density at radius 2 is 1.89 bits per heavy atom. The molecule has 0 fully saturated rings. The van der Waals surface area contributed by atoms with Crippen molar-refractivity contribution in [3.05, 3.63) is 82.4 Å². The fourth-order valence-corrected chi connectivity index (χ4v) is 4.18. The third-order valence-electron chi connectivity index (χ3n) is 5.81. The van der Waals surface area contributed by atoms with Crippen molar-refractivity contribution in [2.24, 2.45) is 0 Å². The Labute approximate surface area is 207 Å². The van der Waals surface area contributed by atoms with Crippen molar-refractivity contribution in [2.45, 2.75) is 46.4 Å². The molecular formula is C27H28F3N3O3. The maximum absolute atomic E-state index is 13.1. The van der Waals surface area contributed by atoms with Crippen molar-refractivity contribution in [1.82, 2.24) is 15.1 Å². The highest BCUT2D eigenvalue weighted by Gasteiger charge is 2.30. The number of benzene rings is 2. The predicted octanol–water partition coefficient (Wildman–Crippen LogP) is 6.00. The molecule has 1 amide bonds. The summed E-state index contributed by atoms with van der Waals surface area (Å²) in [5, 5.41) is 8.22. The van der Waals surface area contributed by atoms with E-state index in [2.05, 4.69) is 10.4 Å². The summed E-state index contributed by atoms with van der Waals surface area (Å²) in [5.41, 5.74) is 2.85. The van der Waals surface area contributed by atoms with E-state index in [0.29, 0.717) is 52.7 Å². The molecule has 2 heterocycles. The number of nitrogens with zero attached hydrogens (tertiary/aromatic N) is 2. The van der Waals surface area contributed by atoms with Gasteiger partial charge in [0.2, 0.25) is 0 Å². The number of amides is 1. The van der Waals surface area contributed by atoms with Gasteiger partial charge in [-0.2, -0.15) is 18.3 Å². The molecule has 6 nitrogen and oxygen atoms in total. The van der Waals surface area contributed by atoms with Gasteiger partial charge >= 0.3 is 6.18 Å². The monoisotopic (exact) mass is 499 g/mol. The van der Waals surface area contributed by atoms with E-state index in [9.17, 15) is 18.0 Å². The van der Waals surface area contributed by atoms with E-state index in [0.717, 1.165) is 17.5 Å². The molecule has 2 aromatic carbocycles. The lowest BCUT2D eigenvalue weighted by Crippen LogP contribution is -2.28. The van der Waals surface area contributed by atoms with Gasteiger partial charge in [-0.05, 0) is 57.5 Å². The first kappa shape index (κ1) is 25.5. The van der Waals surface area contributed by atoms with Gasteiger partial charge in [0, 0.05) is 18.4 Å². The van der Waals surface area contributed by atoms with Gasteiger partial charge in [-0.25, -0.2) is 4.68 Å². The summed E-state index contributed by atoms with van der Waals surface area (Å²) < 4.78 is 52.4. The van der Waals surface area contributed by atoms with Gasteiger partial charge in [-0.3, -0.25) is 4.79 Å². The number of rotatable bonds is 8. The fraction of sp³-hybridized carbons (Fsp3) is 0.333. The number of carbonyl (C=O) groups excluding carboxylic acids is 1. The molecule has 0 bridgehead atoms. The quantitative estimate of drug-likeness (QED) is 0.302. The lowest BCUT2D eigenvalue weighted by Gasteiger charge is -2.09. The van der Waals surface area contributed by atoms with E-state index >= 15 is 0 Å². The standard InChI is InChI=1S/C27H28F3N3O3/c1-16(2)35-12-11-31-26(34)25-17(3)32-33(18(25)4)23-9-6-10-24-22(23)15-21(36-24)14-19-7-5-8-20(13-19)27(28,29)30/h5-10,13,15-16H,11-12,14H2,1-4H3,(H,31,34). The Morgan fingerprint density at radius 3 is 2.61 bits per heavy atom. The minimum atomic E-state index is -4.40. The van der Waals surface area contributed by atoms with Gasteiger partial charge in [-0.15, -0.1) is 0 Å². The number of hydrogen-bond acceptors (Lipinski definition) is 4. The SMILES string of the molecule is Cc1nn(-c2cccc3oc(Cc4cccc(C(F)(F)F)c4)cc23)c(C)c1C(=O)NCCOC(C)C. The molecule has 0 unspecified atom stereocenters. The largest absolute Gasteiger partial charge is 0.461 e. The highest BCUT2D eigenvalue weighted by atomic mass is 19.4. The van der Waals surface area contributed by atoms with Crippen LogP contribution in [0.25, 0.3) is 16.7 Å². The van der Waals surface area contributed by atoms with E-state index in [1.54, 1.807) is 23.7 Å². The molecule has 1 N–H and O–H groups in total. The highest BCUT2D eigenvalue weighted by molar-refractivity contribution is 5.97. The molecule has 0 atom stereocenters. The Hall–Kier alpha value is -3.59. The van der Waals surface area contributed by atoms with E-state index in [1.165, 1.54) is 6.07 Å². The van der Waals surface area contributed by atoms with E-state index in [-0.39, 0.29) is 18.4 Å². The third kappa shape index (κ3) is 5.46. The number of hydrogen-bond donors (Lipinski definition) is 1. The number of aromatic nitrogens is 2. The average Bonchev–Trinajstić information content (AvgIpc) is 3.35. The first-order chi connectivity index (χ1) is 17.0. The maximum atomic E-state index is 13.1. The molecular weight excluding hydrogens is 471 g/mol. The van der Waals surface area contributed by atoms with E-state index in [1.807, 2.05) is 39.0 Å². The molecule has 0 spiro atoms. The first-order valence-corrected chi connectivity index (χ1v) is 11.7. The van der Waals surface area contributed by atoms with Crippen LogP contribution in [0.5, 0.6) is 0 Å². The summed E-state index contributed by atoms with van der Waals surface area (Å²) in [5.74, 6) is 0.301. The first-order valence-electron chi connectivity index (χ1n) is 11.7. The zero-order valence-corrected chi connectivity index (χ0v) is 20.6. The Morgan fingerprint density at radius 1 is 1.14 bits per heavy atom. The molecule has 0 aliphatic carbocycles. The molecule has 0 aliphatic heterocycles. The van der Waals surface area contributed by atoms with Crippen molar-refractivity contribution in [3.8, 4) is 5.69 Å². The molecule has 0 saturated carbocycles. The van der Waals surface area contributed by atoms with Gasteiger partial charge in [0.1, 0.15) is 11.3 Å². The van der Waals surface area contributed by atoms with Crippen molar-refractivity contribution in [1.29, 1.82) is 0 Å². The maximum Gasteiger partial charge on any atom is 0.416 e. The molecule has 0 aliphatic rings. The van der Waals surface area contributed by atoms with Crippen molar-refractivity contribution in [2.75, 3.05) is 13.2 Å².